The third-order valence-corrected chi connectivity index (χ3v) is 4.39. The number of rotatable bonds is 7. The summed E-state index contributed by atoms with van der Waals surface area (Å²) in [5.74, 6) is 0.337. The molecule has 0 aliphatic heterocycles. The molecule has 12 heteroatoms. The quantitative estimate of drug-likeness (QED) is 0.680. The van der Waals surface area contributed by atoms with E-state index in [1.165, 1.54) is 25.3 Å². The van der Waals surface area contributed by atoms with Gasteiger partial charge in [0.25, 0.3) is 0 Å². The van der Waals surface area contributed by atoms with Crippen molar-refractivity contribution in [2.45, 2.75) is 6.18 Å². The zero-order valence-electron chi connectivity index (χ0n) is 14.2. The molecule has 0 amide bonds. The molecule has 0 radical (unpaired) electrons. The van der Waals surface area contributed by atoms with Crippen LogP contribution in [0.2, 0.25) is 5.15 Å². The average molecular weight is 426 g/mol. The number of hydrogen-bond donors (Lipinski definition) is 1. The summed E-state index contributed by atoms with van der Waals surface area (Å²) in [6.45, 7) is -0.0353. The number of benzene rings is 1. The van der Waals surface area contributed by atoms with E-state index in [4.69, 9.17) is 21.1 Å². The van der Waals surface area contributed by atoms with Gasteiger partial charge < -0.3 is 14.8 Å². The SMILES string of the molecule is COc1cc(OCCS(C)(=O)=O)ccc1Nc1ncc(C(F)(F)F)c(Cl)n1. The first-order valence-electron chi connectivity index (χ1n) is 7.35. The molecule has 7 nitrogen and oxygen atoms in total. The van der Waals surface area contributed by atoms with Crippen LogP contribution in [-0.4, -0.2) is 44.1 Å². The second-order valence-corrected chi connectivity index (χ2v) is 7.98. The molecule has 0 saturated carbocycles. The number of aromatic nitrogens is 2. The summed E-state index contributed by atoms with van der Waals surface area (Å²) in [6, 6.07) is 4.53. The van der Waals surface area contributed by atoms with Crippen LogP contribution >= 0.6 is 11.6 Å². The van der Waals surface area contributed by atoms with Gasteiger partial charge in [0.15, 0.2) is 9.84 Å². The van der Waals surface area contributed by atoms with Gasteiger partial charge in [-0.25, -0.2) is 18.4 Å². The molecule has 0 unspecified atom stereocenters. The van der Waals surface area contributed by atoms with Gasteiger partial charge in [-0.05, 0) is 12.1 Å². The molecule has 1 aromatic heterocycles. The van der Waals surface area contributed by atoms with Crippen molar-refractivity contribution in [3.05, 3.63) is 35.1 Å². The van der Waals surface area contributed by atoms with Crippen LogP contribution in [0.1, 0.15) is 5.56 Å². The number of sulfone groups is 1. The summed E-state index contributed by atoms with van der Waals surface area (Å²) in [5.41, 5.74) is -0.792. The Morgan fingerprint density at radius 2 is 2.00 bits per heavy atom. The van der Waals surface area contributed by atoms with Gasteiger partial charge >= 0.3 is 6.18 Å². The van der Waals surface area contributed by atoms with Gasteiger partial charge in [0.2, 0.25) is 5.95 Å². The summed E-state index contributed by atoms with van der Waals surface area (Å²) < 4.78 is 70.8. The molecule has 0 aliphatic rings. The lowest BCUT2D eigenvalue weighted by molar-refractivity contribution is -0.137. The number of methoxy groups -OCH3 is 1. The Morgan fingerprint density at radius 1 is 1.30 bits per heavy atom. The maximum absolute atomic E-state index is 12.7. The summed E-state index contributed by atoms with van der Waals surface area (Å²) in [7, 11) is -1.78. The summed E-state index contributed by atoms with van der Waals surface area (Å²) >= 11 is 5.56. The highest BCUT2D eigenvalue weighted by Crippen LogP contribution is 2.35. The molecule has 1 aromatic carbocycles. The summed E-state index contributed by atoms with van der Waals surface area (Å²) in [6.07, 6.45) is -2.98. The van der Waals surface area contributed by atoms with Crippen molar-refractivity contribution in [1.29, 1.82) is 0 Å². The van der Waals surface area contributed by atoms with Gasteiger partial charge in [0.05, 0.1) is 18.6 Å². The highest BCUT2D eigenvalue weighted by Gasteiger charge is 2.34. The molecule has 2 aromatic rings. The van der Waals surface area contributed by atoms with Crippen molar-refractivity contribution < 1.29 is 31.1 Å². The number of hydrogen-bond acceptors (Lipinski definition) is 7. The number of halogens is 4. The molecule has 0 atom stereocenters. The first-order valence-corrected chi connectivity index (χ1v) is 9.79. The van der Waals surface area contributed by atoms with Gasteiger partial charge in [0, 0.05) is 18.5 Å². The van der Waals surface area contributed by atoms with Gasteiger partial charge in [-0.2, -0.15) is 13.2 Å². The maximum atomic E-state index is 12.7. The Balaban J connectivity index is 2.16. The molecular formula is C15H15ClF3N3O4S. The van der Waals surface area contributed by atoms with Gasteiger partial charge in [-0.15, -0.1) is 0 Å². The monoisotopic (exact) mass is 425 g/mol. The van der Waals surface area contributed by atoms with Crippen LogP contribution in [0, 0.1) is 0 Å². The van der Waals surface area contributed by atoms with Crippen molar-refractivity contribution in [3.8, 4) is 11.5 Å². The Hall–Kier alpha value is -2.27. The molecule has 0 fully saturated rings. The molecule has 0 aliphatic carbocycles. The van der Waals surface area contributed by atoms with E-state index in [1.807, 2.05) is 0 Å². The van der Waals surface area contributed by atoms with E-state index in [0.717, 1.165) is 6.26 Å². The lowest BCUT2D eigenvalue weighted by atomic mass is 10.2. The average Bonchev–Trinajstić information content (AvgIpc) is 2.53. The van der Waals surface area contributed by atoms with Gasteiger partial charge in [-0.1, -0.05) is 11.6 Å². The smallest absolute Gasteiger partial charge is 0.420 e. The van der Waals surface area contributed by atoms with Gasteiger partial charge in [-0.3, -0.25) is 0 Å². The molecule has 0 bridgehead atoms. The molecule has 148 valence electrons. The zero-order chi connectivity index (χ0) is 20.2. The van der Waals surface area contributed by atoms with E-state index in [9.17, 15) is 21.6 Å². The third kappa shape index (κ3) is 6.14. The van der Waals surface area contributed by atoms with Crippen molar-refractivity contribution in [1.82, 2.24) is 9.97 Å². The van der Waals surface area contributed by atoms with Crippen molar-refractivity contribution in [2.75, 3.05) is 31.0 Å². The second kappa shape index (κ2) is 8.17. The van der Waals surface area contributed by atoms with E-state index >= 15 is 0 Å². The molecule has 1 N–H and O–H groups in total. The van der Waals surface area contributed by atoms with E-state index < -0.39 is 26.7 Å². The number of nitrogens with one attached hydrogen (secondary N) is 1. The van der Waals surface area contributed by atoms with Crippen LogP contribution < -0.4 is 14.8 Å². The summed E-state index contributed by atoms with van der Waals surface area (Å²) in [4.78, 5) is 7.17. The molecule has 0 saturated heterocycles. The Kier molecular flexibility index (Phi) is 6.37. The molecule has 27 heavy (non-hydrogen) atoms. The fourth-order valence-corrected chi connectivity index (χ4v) is 2.53. The van der Waals surface area contributed by atoms with E-state index in [-0.39, 0.29) is 24.1 Å². The lowest BCUT2D eigenvalue weighted by Gasteiger charge is -2.13. The van der Waals surface area contributed by atoms with Crippen LogP contribution in [0.4, 0.5) is 24.8 Å². The van der Waals surface area contributed by atoms with Crippen LogP contribution in [0.15, 0.2) is 24.4 Å². The zero-order valence-corrected chi connectivity index (χ0v) is 15.7. The Labute approximate surface area is 158 Å². The Bertz CT molecular complexity index is 923. The highest BCUT2D eigenvalue weighted by atomic mass is 35.5. The fourth-order valence-electron chi connectivity index (χ4n) is 1.91. The molecular weight excluding hydrogens is 411 g/mol. The minimum atomic E-state index is -4.65. The minimum Gasteiger partial charge on any atom is -0.494 e. The van der Waals surface area contributed by atoms with E-state index in [1.54, 1.807) is 0 Å². The minimum absolute atomic E-state index is 0.0353. The maximum Gasteiger partial charge on any atom is 0.420 e. The summed E-state index contributed by atoms with van der Waals surface area (Å²) in [5, 5.41) is 1.96. The first kappa shape index (κ1) is 21.0. The van der Waals surface area contributed by atoms with Crippen LogP contribution in [0.5, 0.6) is 11.5 Å². The Morgan fingerprint density at radius 3 is 2.56 bits per heavy atom. The fraction of sp³-hybridized carbons (Fsp3) is 0.333. The third-order valence-electron chi connectivity index (χ3n) is 3.19. The van der Waals surface area contributed by atoms with Crippen molar-refractivity contribution in [3.63, 3.8) is 0 Å². The molecule has 0 spiro atoms. The van der Waals surface area contributed by atoms with Gasteiger partial charge in [0.1, 0.15) is 28.8 Å². The number of ether oxygens (including phenoxy) is 2. The topological polar surface area (TPSA) is 90.4 Å². The van der Waals surface area contributed by atoms with E-state index in [0.29, 0.717) is 17.6 Å². The molecule has 1 heterocycles. The standard InChI is InChI=1S/C15H15ClF3N3O4S/c1-25-12-7-9(26-5-6-27(2,23)24)3-4-11(12)21-14-20-8-10(13(16)22-14)15(17,18)19/h3-4,7-8H,5-6H2,1-2H3,(H,20,21,22). The van der Waals surface area contributed by atoms with Crippen molar-refractivity contribution >= 4 is 33.1 Å². The normalized spacial score (nSPS) is 11.9. The van der Waals surface area contributed by atoms with Crippen LogP contribution in [0.25, 0.3) is 0 Å². The predicted molar refractivity (Wildman–Crippen MR) is 93.5 cm³/mol. The van der Waals surface area contributed by atoms with E-state index in [2.05, 4.69) is 15.3 Å². The second-order valence-electron chi connectivity index (χ2n) is 5.36. The van der Waals surface area contributed by atoms with Crippen LogP contribution in [0.3, 0.4) is 0 Å². The van der Waals surface area contributed by atoms with Crippen LogP contribution in [-0.2, 0) is 16.0 Å². The number of nitrogens with zero attached hydrogens (tertiary/aromatic N) is 2. The number of alkyl halides is 3. The lowest BCUT2D eigenvalue weighted by Crippen LogP contribution is -2.12. The highest BCUT2D eigenvalue weighted by molar-refractivity contribution is 7.90. The number of anilines is 2. The first-order chi connectivity index (χ1) is 12.5. The van der Waals surface area contributed by atoms with Crippen molar-refractivity contribution in [2.24, 2.45) is 0 Å². The largest absolute Gasteiger partial charge is 0.494 e. The molecule has 2 rings (SSSR count). The predicted octanol–water partition coefficient (Wildman–Crippen LogP) is 3.32.